The molecule has 0 saturated carbocycles. The molecule has 2 saturated heterocycles. The van der Waals surface area contributed by atoms with Gasteiger partial charge in [-0.1, -0.05) is 30.3 Å². The topological polar surface area (TPSA) is 48.5 Å². The van der Waals surface area contributed by atoms with Crippen molar-refractivity contribution in [2.45, 2.75) is 31.1 Å². The lowest BCUT2D eigenvalue weighted by molar-refractivity contribution is -0.133. The van der Waals surface area contributed by atoms with Crippen LogP contribution < -0.4 is 5.32 Å². The van der Waals surface area contributed by atoms with Crippen LogP contribution in [-0.4, -0.2) is 60.5 Å². The second-order valence-corrected chi connectivity index (χ2v) is 8.46. The van der Waals surface area contributed by atoms with Gasteiger partial charge in [0.15, 0.2) is 5.13 Å². The highest BCUT2D eigenvalue weighted by molar-refractivity contribution is 7.13. The Hall–Kier alpha value is -1.92. The van der Waals surface area contributed by atoms with E-state index >= 15 is 0 Å². The van der Waals surface area contributed by atoms with Crippen molar-refractivity contribution in [3.05, 3.63) is 47.0 Å². The van der Waals surface area contributed by atoms with E-state index in [1.807, 2.05) is 7.05 Å². The van der Waals surface area contributed by atoms with E-state index in [0.29, 0.717) is 6.54 Å². The van der Waals surface area contributed by atoms with E-state index in [0.717, 1.165) is 49.8 Å². The lowest BCUT2D eigenvalue weighted by Gasteiger charge is -2.41. The molecule has 2 aliphatic rings. The standard InChI is InChI=1S/C21H28N4OS/c1-22-20-23-18(16-27-20)21(17-7-3-2-4-8-17)9-13-25(14-10-21)19(26)15-24-11-5-6-12-24/h2-4,7-8,16H,5-6,9-15H2,1H3,(H,22,23). The number of hydrogen-bond acceptors (Lipinski definition) is 5. The molecule has 2 aromatic rings. The summed E-state index contributed by atoms with van der Waals surface area (Å²) in [5.74, 6) is 0.285. The van der Waals surface area contributed by atoms with E-state index in [9.17, 15) is 4.79 Å². The highest BCUT2D eigenvalue weighted by Gasteiger charge is 2.40. The number of piperidine rings is 1. The summed E-state index contributed by atoms with van der Waals surface area (Å²) in [7, 11) is 1.91. The van der Waals surface area contributed by atoms with Crippen LogP contribution in [0.1, 0.15) is 36.9 Å². The van der Waals surface area contributed by atoms with Gasteiger partial charge in [0.1, 0.15) is 0 Å². The van der Waals surface area contributed by atoms with Crippen LogP contribution in [0.2, 0.25) is 0 Å². The van der Waals surface area contributed by atoms with Crippen molar-refractivity contribution in [1.29, 1.82) is 0 Å². The molecule has 1 N–H and O–H groups in total. The molecule has 2 aliphatic heterocycles. The first-order valence-corrected chi connectivity index (χ1v) is 10.8. The molecule has 27 heavy (non-hydrogen) atoms. The fraction of sp³-hybridized carbons (Fsp3) is 0.524. The van der Waals surface area contributed by atoms with Crippen LogP contribution in [-0.2, 0) is 10.2 Å². The van der Waals surface area contributed by atoms with E-state index in [-0.39, 0.29) is 11.3 Å². The maximum atomic E-state index is 12.7. The molecule has 2 fully saturated rings. The maximum absolute atomic E-state index is 12.7. The molecule has 144 valence electrons. The van der Waals surface area contributed by atoms with Gasteiger partial charge in [-0.2, -0.15) is 0 Å². The Balaban J connectivity index is 1.52. The second-order valence-electron chi connectivity index (χ2n) is 7.60. The van der Waals surface area contributed by atoms with Crippen molar-refractivity contribution >= 4 is 22.4 Å². The highest BCUT2D eigenvalue weighted by Crippen LogP contribution is 2.42. The van der Waals surface area contributed by atoms with Gasteiger partial charge in [0.05, 0.1) is 12.2 Å². The molecule has 0 bridgehead atoms. The van der Waals surface area contributed by atoms with Crippen LogP contribution in [0, 0.1) is 0 Å². The zero-order valence-electron chi connectivity index (χ0n) is 16.0. The third-order valence-electron chi connectivity index (χ3n) is 6.06. The molecular weight excluding hydrogens is 356 g/mol. The molecule has 6 heteroatoms. The molecule has 1 aromatic carbocycles. The number of rotatable bonds is 5. The van der Waals surface area contributed by atoms with E-state index in [4.69, 9.17) is 4.98 Å². The summed E-state index contributed by atoms with van der Waals surface area (Å²) in [6, 6.07) is 10.7. The number of thiazole rings is 1. The van der Waals surface area contributed by atoms with Crippen LogP contribution in [0.25, 0.3) is 0 Å². The van der Waals surface area contributed by atoms with Gasteiger partial charge < -0.3 is 10.2 Å². The smallest absolute Gasteiger partial charge is 0.236 e. The van der Waals surface area contributed by atoms with Gasteiger partial charge in [-0.05, 0) is 44.3 Å². The largest absolute Gasteiger partial charge is 0.365 e. The average Bonchev–Trinajstić information content (AvgIpc) is 3.41. The van der Waals surface area contributed by atoms with E-state index in [2.05, 4.69) is 50.8 Å². The Morgan fingerprint density at radius 1 is 1.15 bits per heavy atom. The van der Waals surface area contributed by atoms with Gasteiger partial charge in [-0.25, -0.2) is 4.98 Å². The number of aromatic nitrogens is 1. The fourth-order valence-corrected chi connectivity index (χ4v) is 5.20. The van der Waals surface area contributed by atoms with Gasteiger partial charge >= 0.3 is 0 Å². The zero-order chi connectivity index (χ0) is 18.7. The fourth-order valence-electron chi connectivity index (χ4n) is 4.43. The van der Waals surface area contributed by atoms with Crippen molar-refractivity contribution < 1.29 is 4.79 Å². The molecule has 0 unspecified atom stereocenters. The lowest BCUT2D eigenvalue weighted by Crippen LogP contribution is -2.48. The summed E-state index contributed by atoms with van der Waals surface area (Å²) < 4.78 is 0. The third kappa shape index (κ3) is 3.73. The molecule has 4 rings (SSSR count). The quantitative estimate of drug-likeness (QED) is 0.860. The Morgan fingerprint density at radius 2 is 1.85 bits per heavy atom. The molecular formula is C21H28N4OS. The Labute approximate surface area is 165 Å². The number of carbonyl (C=O) groups excluding carboxylic acids is 1. The number of nitrogens with one attached hydrogen (secondary N) is 1. The van der Waals surface area contributed by atoms with Crippen LogP contribution in [0.15, 0.2) is 35.7 Å². The number of hydrogen-bond donors (Lipinski definition) is 1. The minimum Gasteiger partial charge on any atom is -0.365 e. The monoisotopic (exact) mass is 384 g/mol. The summed E-state index contributed by atoms with van der Waals surface area (Å²) in [5.41, 5.74) is 2.34. The summed E-state index contributed by atoms with van der Waals surface area (Å²) >= 11 is 1.66. The van der Waals surface area contributed by atoms with E-state index in [1.165, 1.54) is 18.4 Å². The second kappa shape index (κ2) is 7.98. The van der Waals surface area contributed by atoms with Gasteiger partial charge in [0.25, 0.3) is 0 Å². The number of nitrogens with zero attached hydrogens (tertiary/aromatic N) is 3. The van der Waals surface area contributed by atoms with Gasteiger partial charge in [0.2, 0.25) is 5.91 Å². The van der Waals surface area contributed by atoms with Crippen molar-refractivity contribution in [2.75, 3.05) is 45.1 Å². The van der Waals surface area contributed by atoms with Crippen molar-refractivity contribution in [3.8, 4) is 0 Å². The minimum absolute atomic E-state index is 0.0999. The maximum Gasteiger partial charge on any atom is 0.236 e. The average molecular weight is 385 g/mol. The number of anilines is 1. The van der Waals surface area contributed by atoms with E-state index < -0.39 is 0 Å². The summed E-state index contributed by atoms with van der Waals surface area (Å²) in [6.45, 7) is 4.32. The zero-order valence-corrected chi connectivity index (χ0v) is 16.8. The number of benzene rings is 1. The van der Waals surface area contributed by atoms with Crippen molar-refractivity contribution in [2.24, 2.45) is 0 Å². The first-order chi connectivity index (χ1) is 13.2. The molecule has 0 atom stereocenters. The lowest BCUT2D eigenvalue weighted by atomic mass is 9.70. The number of likely N-dealkylation sites (tertiary alicyclic amines) is 2. The highest BCUT2D eigenvalue weighted by atomic mass is 32.1. The molecule has 0 radical (unpaired) electrons. The third-order valence-corrected chi connectivity index (χ3v) is 6.92. The summed E-state index contributed by atoms with van der Waals surface area (Å²) in [5, 5.41) is 6.29. The first kappa shape index (κ1) is 18.4. The summed E-state index contributed by atoms with van der Waals surface area (Å²) in [6.07, 6.45) is 4.30. The molecule has 5 nitrogen and oxygen atoms in total. The van der Waals surface area contributed by atoms with Crippen LogP contribution in [0.3, 0.4) is 0 Å². The molecule has 0 aliphatic carbocycles. The molecule has 1 aromatic heterocycles. The number of carbonyl (C=O) groups is 1. The van der Waals surface area contributed by atoms with Crippen LogP contribution in [0.4, 0.5) is 5.13 Å². The van der Waals surface area contributed by atoms with Gasteiger partial charge in [0, 0.05) is 30.9 Å². The van der Waals surface area contributed by atoms with Gasteiger partial charge in [-0.15, -0.1) is 11.3 Å². The van der Waals surface area contributed by atoms with Gasteiger partial charge in [-0.3, -0.25) is 9.69 Å². The van der Waals surface area contributed by atoms with Crippen molar-refractivity contribution in [1.82, 2.24) is 14.8 Å². The minimum atomic E-state index is -0.0999. The Bertz CT molecular complexity index is 761. The Kier molecular flexibility index (Phi) is 5.45. The SMILES string of the molecule is CNc1nc(C2(c3ccccc3)CCN(C(=O)CN3CCCC3)CC2)cs1. The van der Waals surface area contributed by atoms with Crippen molar-refractivity contribution in [3.63, 3.8) is 0 Å². The normalized spacial score (nSPS) is 20.0. The van der Waals surface area contributed by atoms with E-state index in [1.54, 1.807) is 11.3 Å². The van der Waals surface area contributed by atoms with Crippen LogP contribution >= 0.6 is 11.3 Å². The molecule has 3 heterocycles. The predicted octanol–water partition coefficient (Wildman–Crippen LogP) is 3.19. The first-order valence-electron chi connectivity index (χ1n) is 9.91. The molecule has 1 amide bonds. The molecule has 0 spiro atoms. The predicted molar refractivity (Wildman–Crippen MR) is 110 cm³/mol. The van der Waals surface area contributed by atoms with Crippen LogP contribution in [0.5, 0.6) is 0 Å². The summed E-state index contributed by atoms with van der Waals surface area (Å²) in [4.78, 5) is 22.0. The number of amides is 1. The Morgan fingerprint density at radius 3 is 2.48 bits per heavy atom.